The monoisotopic (exact) mass is 152 g/mol. The third-order valence-corrected chi connectivity index (χ3v) is 2.80. The Hall–Kier alpha value is -0.260. The van der Waals surface area contributed by atoms with E-state index in [1.165, 1.54) is 25.7 Å². The lowest BCUT2D eigenvalue weighted by Crippen LogP contribution is -1.93. The Bertz CT molecular complexity index is 144. The third kappa shape index (κ3) is 2.36. The third-order valence-electron chi connectivity index (χ3n) is 2.80. The van der Waals surface area contributed by atoms with Crippen molar-refractivity contribution in [2.24, 2.45) is 11.8 Å². The summed E-state index contributed by atoms with van der Waals surface area (Å²) in [5, 5.41) is 0. The standard InChI is InChI=1S/C11H20/c1-4-6-7-10-8-11(10)9(3)5-2/h7,9,11H,4-6,8H2,1-3H3. The van der Waals surface area contributed by atoms with Crippen molar-refractivity contribution in [2.75, 3.05) is 0 Å². The fourth-order valence-electron chi connectivity index (χ4n) is 1.61. The fourth-order valence-corrected chi connectivity index (χ4v) is 1.61. The maximum Gasteiger partial charge on any atom is -0.0140 e. The van der Waals surface area contributed by atoms with Gasteiger partial charge in [-0.25, -0.2) is 0 Å². The summed E-state index contributed by atoms with van der Waals surface area (Å²) in [6.07, 6.45) is 7.79. The minimum atomic E-state index is 0.929. The second kappa shape index (κ2) is 3.94. The van der Waals surface area contributed by atoms with Gasteiger partial charge in [0.1, 0.15) is 0 Å². The van der Waals surface area contributed by atoms with Crippen molar-refractivity contribution in [3.05, 3.63) is 11.6 Å². The lowest BCUT2D eigenvalue weighted by Gasteiger charge is -2.02. The average molecular weight is 152 g/mol. The van der Waals surface area contributed by atoms with Crippen LogP contribution in [0.4, 0.5) is 0 Å². The first-order valence-corrected chi connectivity index (χ1v) is 4.98. The van der Waals surface area contributed by atoms with Crippen LogP contribution in [0.1, 0.15) is 46.5 Å². The summed E-state index contributed by atoms with van der Waals surface area (Å²) in [5.74, 6) is 1.89. The van der Waals surface area contributed by atoms with E-state index in [0.29, 0.717) is 0 Å². The van der Waals surface area contributed by atoms with Crippen LogP contribution in [0.25, 0.3) is 0 Å². The Balaban J connectivity index is 2.25. The van der Waals surface area contributed by atoms with E-state index >= 15 is 0 Å². The Morgan fingerprint density at radius 3 is 2.82 bits per heavy atom. The van der Waals surface area contributed by atoms with E-state index in [1.54, 1.807) is 5.57 Å². The van der Waals surface area contributed by atoms with E-state index in [0.717, 1.165) is 11.8 Å². The molecule has 1 fully saturated rings. The number of hydrogen-bond acceptors (Lipinski definition) is 0. The number of unbranched alkanes of at least 4 members (excludes halogenated alkanes) is 1. The SMILES string of the molecule is CCCC=C1CC1C(C)CC. The molecule has 0 aromatic rings. The Labute approximate surface area is 70.7 Å². The summed E-state index contributed by atoms with van der Waals surface area (Å²) in [4.78, 5) is 0. The molecular formula is C11H20. The summed E-state index contributed by atoms with van der Waals surface area (Å²) in [7, 11) is 0. The lowest BCUT2D eigenvalue weighted by atomic mass is 10.0. The molecule has 11 heavy (non-hydrogen) atoms. The molecule has 0 N–H and O–H groups in total. The smallest absolute Gasteiger partial charge is 0.0140 e. The van der Waals surface area contributed by atoms with Gasteiger partial charge in [-0.15, -0.1) is 0 Å². The van der Waals surface area contributed by atoms with Crippen molar-refractivity contribution in [3.8, 4) is 0 Å². The van der Waals surface area contributed by atoms with Crippen molar-refractivity contribution in [3.63, 3.8) is 0 Å². The second-order valence-corrected chi connectivity index (χ2v) is 3.76. The van der Waals surface area contributed by atoms with Crippen LogP contribution in [0.2, 0.25) is 0 Å². The minimum Gasteiger partial charge on any atom is -0.0850 e. The first kappa shape index (κ1) is 8.83. The van der Waals surface area contributed by atoms with Gasteiger partial charge in [-0.1, -0.05) is 45.3 Å². The normalized spacial score (nSPS) is 29.0. The maximum atomic E-state index is 2.46. The zero-order valence-corrected chi connectivity index (χ0v) is 8.06. The first-order valence-electron chi connectivity index (χ1n) is 4.98. The van der Waals surface area contributed by atoms with Gasteiger partial charge >= 0.3 is 0 Å². The predicted molar refractivity (Wildman–Crippen MR) is 50.6 cm³/mol. The minimum absolute atomic E-state index is 0.929. The summed E-state index contributed by atoms with van der Waals surface area (Å²) < 4.78 is 0. The van der Waals surface area contributed by atoms with Gasteiger partial charge in [0.05, 0.1) is 0 Å². The molecular weight excluding hydrogens is 132 g/mol. The van der Waals surface area contributed by atoms with Crippen LogP contribution in [-0.2, 0) is 0 Å². The molecule has 0 aromatic heterocycles. The Kier molecular flexibility index (Phi) is 3.16. The van der Waals surface area contributed by atoms with E-state index in [-0.39, 0.29) is 0 Å². The Morgan fingerprint density at radius 2 is 2.27 bits per heavy atom. The van der Waals surface area contributed by atoms with Crippen molar-refractivity contribution in [1.29, 1.82) is 0 Å². The molecule has 0 nitrogen and oxygen atoms in total. The lowest BCUT2D eigenvalue weighted by molar-refractivity contribution is 0.506. The van der Waals surface area contributed by atoms with E-state index in [1.807, 2.05) is 0 Å². The van der Waals surface area contributed by atoms with Gasteiger partial charge in [0.15, 0.2) is 0 Å². The van der Waals surface area contributed by atoms with Crippen molar-refractivity contribution >= 4 is 0 Å². The van der Waals surface area contributed by atoms with E-state index < -0.39 is 0 Å². The zero-order valence-electron chi connectivity index (χ0n) is 8.06. The van der Waals surface area contributed by atoms with E-state index in [2.05, 4.69) is 26.8 Å². The average Bonchev–Trinajstić information content (AvgIpc) is 2.78. The van der Waals surface area contributed by atoms with Crippen molar-refractivity contribution < 1.29 is 0 Å². The molecule has 1 saturated carbocycles. The largest absolute Gasteiger partial charge is 0.0850 e. The molecule has 64 valence electrons. The molecule has 0 bridgehead atoms. The number of allylic oxidation sites excluding steroid dienone is 2. The predicted octanol–water partition coefficient (Wildman–Crippen LogP) is 3.78. The molecule has 2 unspecified atom stereocenters. The van der Waals surface area contributed by atoms with E-state index in [9.17, 15) is 0 Å². The van der Waals surface area contributed by atoms with Crippen LogP contribution >= 0.6 is 0 Å². The quantitative estimate of drug-likeness (QED) is 0.538. The van der Waals surface area contributed by atoms with Crippen molar-refractivity contribution in [2.45, 2.75) is 46.5 Å². The highest BCUT2D eigenvalue weighted by atomic mass is 14.4. The van der Waals surface area contributed by atoms with Gasteiger partial charge in [0, 0.05) is 0 Å². The molecule has 0 saturated heterocycles. The molecule has 0 radical (unpaired) electrons. The number of hydrogen-bond donors (Lipinski definition) is 0. The summed E-state index contributed by atoms with van der Waals surface area (Å²) >= 11 is 0. The first-order chi connectivity index (χ1) is 5.29. The highest BCUT2D eigenvalue weighted by Crippen LogP contribution is 2.44. The summed E-state index contributed by atoms with van der Waals surface area (Å²) in [6.45, 7) is 6.91. The molecule has 0 spiro atoms. The van der Waals surface area contributed by atoms with Crippen LogP contribution in [0.5, 0.6) is 0 Å². The number of rotatable bonds is 4. The van der Waals surface area contributed by atoms with Crippen LogP contribution in [0.15, 0.2) is 11.6 Å². The molecule has 1 rings (SSSR count). The van der Waals surface area contributed by atoms with Crippen molar-refractivity contribution in [1.82, 2.24) is 0 Å². The van der Waals surface area contributed by atoms with E-state index in [4.69, 9.17) is 0 Å². The molecule has 0 amide bonds. The van der Waals surface area contributed by atoms with Gasteiger partial charge in [0.25, 0.3) is 0 Å². The molecule has 0 aliphatic heterocycles. The molecule has 1 aliphatic carbocycles. The van der Waals surface area contributed by atoms with Gasteiger partial charge < -0.3 is 0 Å². The van der Waals surface area contributed by atoms with Gasteiger partial charge in [-0.2, -0.15) is 0 Å². The highest BCUT2D eigenvalue weighted by Gasteiger charge is 2.32. The van der Waals surface area contributed by atoms with Crippen LogP contribution in [-0.4, -0.2) is 0 Å². The van der Waals surface area contributed by atoms with Crippen LogP contribution in [0, 0.1) is 11.8 Å². The van der Waals surface area contributed by atoms with Crippen LogP contribution in [0.3, 0.4) is 0 Å². The topological polar surface area (TPSA) is 0 Å². The van der Waals surface area contributed by atoms with Gasteiger partial charge in [-0.05, 0) is 24.7 Å². The molecule has 1 aliphatic rings. The molecule has 0 heteroatoms. The summed E-state index contributed by atoms with van der Waals surface area (Å²) in [6, 6.07) is 0. The fraction of sp³-hybridized carbons (Fsp3) is 0.818. The molecule has 0 aromatic carbocycles. The summed E-state index contributed by atoms with van der Waals surface area (Å²) in [5.41, 5.74) is 1.74. The molecule has 2 atom stereocenters. The maximum absolute atomic E-state index is 2.46. The zero-order chi connectivity index (χ0) is 8.27. The van der Waals surface area contributed by atoms with Crippen LogP contribution < -0.4 is 0 Å². The molecule has 0 heterocycles. The highest BCUT2D eigenvalue weighted by molar-refractivity contribution is 5.24. The Morgan fingerprint density at radius 1 is 1.55 bits per heavy atom. The van der Waals surface area contributed by atoms with Gasteiger partial charge in [-0.3, -0.25) is 0 Å². The van der Waals surface area contributed by atoms with Gasteiger partial charge in [0.2, 0.25) is 0 Å². The second-order valence-electron chi connectivity index (χ2n) is 3.76.